The molecule has 3 nitrogen and oxygen atoms in total. The highest BCUT2D eigenvalue weighted by Crippen LogP contribution is 2.32. The van der Waals surface area contributed by atoms with Crippen LogP contribution in [0.15, 0.2) is 12.7 Å². The summed E-state index contributed by atoms with van der Waals surface area (Å²) in [5, 5.41) is 0. The maximum atomic E-state index is 12.0. The van der Waals surface area contributed by atoms with E-state index in [9.17, 15) is 4.79 Å². The van der Waals surface area contributed by atoms with Gasteiger partial charge < -0.3 is 4.90 Å². The topological polar surface area (TPSA) is 23.6 Å². The van der Waals surface area contributed by atoms with E-state index in [1.54, 1.807) is 0 Å². The Morgan fingerprint density at radius 1 is 1.47 bits per heavy atom. The Hall–Kier alpha value is -0.830. The van der Waals surface area contributed by atoms with Crippen LogP contribution in [0.4, 0.5) is 0 Å². The predicted octanol–water partition coefficient (Wildman–Crippen LogP) is 0.971. The summed E-state index contributed by atoms with van der Waals surface area (Å²) in [6.45, 7) is 11.8. The Labute approximate surface area is 91.7 Å². The number of hydrogen-bond donors (Lipinski definition) is 0. The molecular formula is C12H20N2O. The molecule has 2 rings (SSSR count). The third-order valence-electron chi connectivity index (χ3n) is 3.63. The fraction of sp³-hybridized carbons (Fsp3) is 0.750. The van der Waals surface area contributed by atoms with Gasteiger partial charge in [-0.15, -0.1) is 6.58 Å². The summed E-state index contributed by atoms with van der Waals surface area (Å²) in [5.41, 5.74) is 0. The van der Waals surface area contributed by atoms with Crippen LogP contribution in [0, 0.1) is 11.8 Å². The highest BCUT2D eigenvalue weighted by atomic mass is 16.2. The second-order valence-electron chi connectivity index (χ2n) is 4.95. The third kappa shape index (κ3) is 1.81. The number of fused-ring (bicyclic) bond motifs is 1. The zero-order valence-electron chi connectivity index (χ0n) is 9.65. The van der Waals surface area contributed by atoms with Gasteiger partial charge in [-0.05, 0) is 13.8 Å². The van der Waals surface area contributed by atoms with Crippen LogP contribution in [0.5, 0.6) is 0 Å². The highest BCUT2D eigenvalue weighted by molar-refractivity contribution is 5.82. The van der Waals surface area contributed by atoms with E-state index in [-0.39, 0.29) is 5.92 Å². The number of rotatable bonds is 3. The van der Waals surface area contributed by atoms with Gasteiger partial charge in [0, 0.05) is 38.1 Å². The minimum Gasteiger partial charge on any atom is -0.338 e. The molecule has 0 aromatic carbocycles. The largest absolute Gasteiger partial charge is 0.338 e. The van der Waals surface area contributed by atoms with Crippen molar-refractivity contribution in [2.24, 2.45) is 11.8 Å². The van der Waals surface area contributed by atoms with Gasteiger partial charge in [0.15, 0.2) is 0 Å². The summed E-state index contributed by atoms with van der Waals surface area (Å²) >= 11 is 0. The Morgan fingerprint density at radius 2 is 2.20 bits per heavy atom. The lowest BCUT2D eigenvalue weighted by atomic mass is 10.0. The summed E-state index contributed by atoms with van der Waals surface area (Å²) in [6.07, 6.45) is 1.82. The molecule has 0 aliphatic carbocycles. The van der Waals surface area contributed by atoms with E-state index in [2.05, 4.69) is 25.3 Å². The quantitative estimate of drug-likeness (QED) is 0.645. The lowest BCUT2D eigenvalue weighted by Crippen LogP contribution is -2.35. The number of carbonyl (C=O) groups excluding carboxylic acids is 1. The molecule has 3 heteroatoms. The van der Waals surface area contributed by atoms with E-state index >= 15 is 0 Å². The van der Waals surface area contributed by atoms with Crippen LogP contribution in [-0.2, 0) is 4.79 Å². The van der Waals surface area contributed by atoms with E-state index in [4.69, 9.17) is 0 Å². The molecule has 2 fully saturated rings. The van der Waals surface area contributed by atoms with Gasteiger partial charge in [0.2, 0.25) is 5.91 Å². The molecule has 0 aromatic heterocycles. The van der Waals surface area contributed by atoms with Gasteiger partial charge in [-0.2, -0.15) is 0 Å². The van der Waals surface area contributed by atoms with E-state index in [1.165, 1.54) is 0 Å². The average molecular weight is 208 g/mol. The summed E-state index contributed by atoms with van der Waals surface area (Å²) in [4.78, 5) is 16.4. The van der Waals surface area contributed by atoms with Gasteiger partial charge in [-0.25, -0.2) is 0 Å². The van der Waals surface area contributed by atoms with Crippen molar-refractivity contribution in [1.82, 2.24) is 9.80 Å². The van der Waals surface area contributed by atoms with Crippen LogP contribution in [0.1, 0.15) is 13.8 Å². The normalized spacial score (nSPS) is 31.4. The monoisotopic (exact) mass is 208 g/mol. The Balaban J connectivity index is 2.00. The van der Waals surface area contributed by atoms with Crippen LogP contribution in [0.25, 0.3) is 0 Å². The second kappa shape index (κ2) is 3.97. The zero-order valence-corrected chi connectivity index (χ0v) is 9.65. The van der Waals surface area contributed by atoms with Gasteiger partial charge in [-0.1, -0.05) is 6.08 Å². The maximum Gasteiger partial charge on any atom is 0.227 e. The first-order valence-electron chi connectivity index (χ1n) is 5.77. The van der Waals surface area contributed by atoms with Crippen molar-refractivity contribution in [3.63, 3.8) is 0 Å². The van der Waals surface area contributed by atoms with Crippen LogP contribution in [0.2, 0.25) is 0 Å². The van der Waals surface area contributed by atoms with Crippen LogP contribution >= 0.6 is 0 Å². The number of amides is 1. The molecular weight excluding hydrogens is 188 g/mol. The van der Waals surface area contributed by atoms with Crippen LogP contribution < -0.4 is 0 Å². The molecule has 0 unspecified atom stereocenters. The first kappa shape index (κ1) is 10.7. The van der Waals surface area contributed by atoms with Crippen molar-refractivity contribution >= 4 is 5.91 Å². The molecule has 2 saturated heterocycles. The van der Waals surface area contributed by atoms with E-state index in [1.807, 2.05) is 11.0 Å². The summed E-state index contributed by atoms with van der Waals surface area (Å²) in [6, 6.07) is 0.566. The molecule has 0 bridgehead atoms. The molecule has 0 radical (unpaired) electrons. The standard InChI is InChI=1S/C12H20N2O/c1-4-5-13-6-10-7-14(9(2)3)8-11(10)12(13)15/h4,9-11H,1,5-8H2,2-3H3/t10-,11+/m0/s1. The Kier molecular flexibility index (Phi) is 2.83. The molecule has 0 spiro atoms. The van der Waals surface area contributed by atoms with E-state index in [0.29, 0.717) is 24.4 Å². The number of likely N-dealkylation sites (tertiary alicyclic amines) is 2. The van der Waals surface area contributed by atoms with Crippen molar-refractivity contribution < 1.29 is 4.79 Å². The first-order chi connectivity index (χ1) is 7.13. The van der Waals surface area contributed by atoms with E-state index in [0.717, 1.165) is 19.6 Å². The number of carbonyl (C=O) groups is 1. The van der Waals surface area contributed by atoms with Crippen molar-refractivity contribution in [2.45, 2.75) is 19.9 Å². The van der Waals surface area contributed by atoms with Crippen molar-refractivity contribution in [3.8, 4) is 0 Å². The Bertz CT molecular complexity index is 275. The molecule has 84 valence electrons. The summed E-state index contributed by atoms with van der Waals surface area (Å²) in [7, 11) is 0. The summed E-state index contributed by atoms with van der Waals surface area (Å²) < 4.78 is 0. The highest BCUT2D eigenvalue weighted by Gasteiger charge is 2.45. The predicted molar refractivity (Wildman–Crippen MR) is 60.5 cm³/mol. The smallest absolute Gasteiger partial charge is 0.227 e. The fourth-order valence-electron chi connectivity index (χ4n) is 2.72. The molecule has 2 atom stereocenters. The van der Waals surface area contributed by atoms with Gasteiger partial charge in [0.25, 0.3) is 0 Å². The molecule has 1 amide bonds. The van der Waals surface area contributed by atoms with Crippen molar-refractivity contribution in [3.05, 3.63) is 12.7 Å². The SMILES string of the molecule is C=CCN1C[C@H]2CN(C(C)C)C[C@H]2C1=O. The molecule has 0 N–H and O–H groups in total. The average Bonchev–Trinajstić information content (AvgIpc) is 2.69. The molecule has 2 heterocycles. The lowest BCUT2D eigenvalue weighted by Gasteiger charge is -2.23. The zero-order chi connectivity index (χ0) is 11.0. The Morgan fingerprint density at radius 3 is 2.73 bits per heavy atom. The fourth-order valence-corrected chi connectivity index (χ4v) is 2.72. The lowest BCUT2D eigenvalue weighted by molar-refractivity contribution is -0.130. The van der Waals surface area contributed by atoms with Gasteiger partial charge >= 0.3 is 0 Å². The maximum absolute atomic E-state index is 12.0. The molecule has 0 saturated carbocycles. The van der Waals surface area contributed by atoms with Gasteiger partial charge in [-0.3, -0.25) is 9.69 Å². The third-order valence-corrected chi connectivity index (χ3v) is 3.63. The van der Waals surface area contributed by atoms with Crippen molar-refractivity contribution in [1.29, 1.82) is 0 Å². The minimum absolute atomic E-state index is 0.257. The van der Waals surface area contributed by atoms with E-state index < -0.39 is 0 Å². The number of hydrogen-bond acceptors (Lipinski definition) is 2. The first-order valence-corrected chi connectivity index (χ1v) is 5.77. The molecule has 2 aliphatic rings. The minimum atomic E-state index is 0.257. The summed E-state index contributed by atoms with van der Waals surface area (Å²) in [5.74, 6) is 1.15. The molecule has 2 aliphatic heterocycles. The second-order valence-corrected chi connectivity index (χ2v) is 4.95. The van der Waals surface area contributed by atoms with Crippen LogP contribution in [-0.4, -0.2) is 47.9 Å². The van der Waals surface area contributed by atoms with Crippen LogP contribution in [0.3, 0.4) is 0 Å². The molecule has 0 aromatic rings. The van der Waals surface area contributed by atoms with Gasteiger partial charge in [0.1, 0.15) is 0 Å². The van der Waals surface area contributed by atoms with Crippen molar-refractivity contribution in [2.75, 3.05) is 26.2 Å². The molecule has 15 heavy (non-hydrogen) atoms. The van der Waals surface area contributed by atoms with Gasteiger partial charge in [0.05, 0.1) is 5.92 Å². The number of nitrogens with zero attached hydrogens (tertiary/aromatic N) is 2.